The van der Waals surface area contributed by atoms with Crippen LogP contribution in [-0.2, 0) is 9.53 Å². The van der Waals surface area contributed by atoms with Gasteiger partial charge in [0.2, 0.25) is 5.91 Å². The lowest BCUT2D eigenvalue weighted by Gasteiger charge is -2.43. The number of amides is 1. The van der Waals surface area contributed by atoms with Gasteiger partial charge in [0.25, 0.3) is 0 Å². The van der Waals surface area contributed by atoms with Crippen LogP contribution in [-0.4, -0.2) is 24.2 Å². The molecule has 1 unspecified atom stereocenters. The molecule has 0 radical (unpaired) electrons. The van der Waals surface area contributed by atoms with E-state index in [0.29, 0.717) is 37.3 Å². The second kappa shape index (κ2) is 4.03. The number of benzene rings is 1. The summed E-state index contributed by atoms with van der Waals surface area (Å²) in [5.41, 5.74) is 0.0708. The van der Waals surface area contributed by atoms with Gasteiger partial charge in [-0.25, -0.2) is 4.39 Å². The summed E-state index contributed by atoms with van der Waals surface area (Å²) < 4.78 is 18.5. The molecule has 2 heterocycles. The first-order chi connectivity index (χ1) is 8.63. The first-order valence-corrected chi connectivity index (χ1v) is 6.00. The highest BCUT2D eigenvalue weighted by Gasteiger charge is 2.50. The van der Waals surface area contributed by atoms with Gasteiger partial charge in [0.05, 0.1) is 11.5 Å². The quantitative estimate of drug-likeness (QED) is 0.736. The molecule has 0 aromatic heterocycles. The zero-order valence-corrected chi connectivity index (χ0v) is 9.78. The molecule has 1 saturated heterocycles. The Balaban J connectivity index is 2.07. The average molecular weight is 251 g/mol. The van der Waals surface area contributed by atoms with Crippen LogP contribution in [0.2, 0.25) is 0 Å². The van der Waals surface area contributed by atoms with Gasteiger partial charge in [-0.3, -0.25) is 4.79 Å². The molecular formula is C13H14FNO3. The normalized spacial score (nSPS) is 25.7. The van der Waals surface area contributed by atoms with Gasteiger partial charge < -0.3 is 15.2 Å². The number of aliphatic hydroxyl groups excluding tert-OH is 1. The SMILES string of the molecule is O=C1Nc2ccc(F)cc2C(O)C12CCOCC2. The highest BCUT2D eigenvalue weighted by atomic mass is 19.1. The van der Waals surface area contributed by atoms with Crippen LogP contribution >= 0.6 is 0 Å². The van der Waals surface area contributed by atoms with Gasteiger partial charge >= 0.3 is 0 Å². The fourth-order valence-electron chi connectivity index (χ4n) is 2.78. The molecule has 1 amide bonds. The van der Waals surface area contributed by atoms with E-state index in [0.717, 1.165) is 0 Å². The molecule has 2 N–H and O–H groups in total. The fraction of sp³-hybridized carbons (Fsp3) is 0.462. The second-order valence-electron chi connectivity index (χ2n) is 4.86. The Bertz CT molecular complexity index is 497. The van der Waals surface area contributed by atoms with Gasteiger partial charge in [-0.05, 0) is 31.0 Å². The van der Waals surface area contributed by atoms with Crippen LogP contribution in [0.15, 0.2) is 18.2 Å². The molecule has 0 aliphatic carbocycles. The highest BCUT2D eigenvalue weighted by Crippen LogP contribution is 2.48. The summed E-state index contributed by atoms with van der Waals surface area (Å²) in [6, 6.07) is 4.04. The van der Waals surface area contributed by atoms with Crippen molar-refractivity contribution in [3.8, 4) is 0 Å². The Hall–Kier alpha value is -1.46. The average Bonchev–Trinajstić information content (AvgIpc) is 2.39. The van der Waals surface area contributed by atoms with Gasteiger partial charge in [0, 0.05) is 24.5 Å². The first-order valence-electron chi connectivity index (χ1n) is 6.00. The van der Waals surface area contributed by atoms with Crippen molar-refractivity contribution in [3.63, 3.8) is 0 Å². The summed E-state index contributed by atoms with van der Waals surface area (Å²) in [5, 5.41) is 13.2. The number of rotatable bonds is 0. The highest BCUT2D eigenvalue weighted by molar-refractivity contribution is 5.99. The summed E-state index contributed by atoms with van der Waals surface area (Å²) in [6.07, 6.45) is -0.0628. The smallest absolute Gasteiger partial charge is 0.233 e. The van der Waals surface area contributed by atoms with Crippen LogP contribution in [0.5, 0.6) is 0 Å². The minimum atomic E-state index is -0.971. The predicted octanol–water partition coefficient (Wildman–Crippen LogP) is 1.61. The third kappa shape index (κ3) is 1.54. The van der Waals surface area contributed by atoms with Gasteiger partial charge in [0.1, 0.15) is 5.82 Å². The van der Waals surface area contributed by atoms with Crippen molar-refractivity contribution in [2.24, 2.45) is 5.41 Å². The van der Waals surface area contributed by atoms with Crippen molar-refractivity contribution in [1.29, 1.82) is 0 Å². The van der Waals surface area contributed by atoms with Crippen molar-refractivity contribution in [1.82, 2.24) is 0 Å². The molecule has 18 heavy (non-hydrogen) atoms. The second-order valence-corrected chi connectivity index (χ2v) is 4.86. The van der Waals surface area contributed by atoms with Crippen molar-refractivity contribution in [2.75, 3.05) is 18.5 Å². The van der Waals surface area contributed by atoms with E-state index >= 15 is 0 Å². The molecule has 1 aromatic carbocycles. The number of hydrogen-bond donors (Lipinski definition) is 2. The number of anilines is 1. The van der Waals surface area contributed by atoms with Crippen LogP contribution in [0.25, 0.3) is 0 Å². The van der Waals surface area contributed by atoms with Gasteiger partial charge in [-0.15, -0.1) is 0 Å². The van der Waals surface area contributed by atoms with Crippen LogP contribution in [0, 0.1) is 11.2 Å². The molecule has 3 rings (SSSR count). The molecule has 1 aromatic rings. The predicted molar refractivity (Wildman–Crippen MR) is 62.5 cm³/mol. The summed E-state index contributed by atoms with van der Waals surface area (Å²) in [4.78, 5) is 12.2. The van der Waals surface area contributed by atoms with Gasteiger partial charge in [-0.1, -0.05) is 0 Å². The molecule has 1 fully saturated rings. The molecule has 2 aliphatic heterocycles. The Morgan fingerprint density at radius 2 is 2.11 bits per heavy atom. The van der Waals surface area contributed by atoms with E-state index in [9.17, 15) is 14.3 Å². The van der Waals surface area contributed by atoms with E-state index in [1.807, 2.05) is 0 Å². The van der Waals surface area contributed by atoms with E-state index in [1.165, 1.54) is 18.2 Å². The van der Waals surface area contributed by atoms with Crippen LogP contribution in [0.4, 0.5) is 10.1 Å². The van der Waals surface area contributed by atoms with Crippen LogP contribution < -0.4 is 5.32 Å². The summed E-state index contributed by atoms with van der Waals surface area (Å²) in [5.74, 6) is -0.608. The third-order valence-electron chi connectivity index (χ3n) is 3.92. The third-order valence-corrected chi connectivity index (χ3v) is 3.92. The number of carbonyl (C=O) groups excluding carboxylic acids is 1. The maximum absolute atomic E-state index is 13.3. The van der Waals surface area contributed by atoms with Crippen molar-refractivity contribution in [2.45, 2.75) is 18.9 Å². The largest absolute Gasteiger partial charge is 0.387 e. The zero-order valence-electron chi connectivity index (χ0n) is 9.78. The minimum absolute atomic E-state index is 0.197. The number of aliphatic hydroxyl groups is 1. The number of fused-ring (bicyclic) bond motifs is 1. The Morgan fingerprint density at radius 3 is 2.83 bits per heavy atom. The molecule has 0 bridgehead atoms. The maximum atomic E-state index is 13.3. The lowest BCUT2D eigenvalue weighted by molar-refractivity contribution is -0.143. The molecule has 96 valence electrons. The Morgan fingerprint density at radius 1 is 1.39 bits per heavy atom. The van der Waals surface area contributed by atoms with E-state index < -0.39 is 17.3 Å². The zero-order chi connectivity index (χ0) is 12.8. The Kier molecular flexibility index (Phi) is 2.60. The summed E-state index contributed by atoms with van der Waals surface area (Å²) in [6.45, 7) is 0.879. The number of carbonyl (C=O) groups is 1. The fourth-order valence-corrected chi connectivity index (χ4v) is 2.78. The van der Waals surface area contributed by atoms with Gasteiger partial charge in [-0.2, -0.15) is 0 Å². The Labute approximate surface area is 104 Å². The molecule has 5 heteroatoms. The standard InChI is InChI=1S/C13H14FNO3/c14-8-1-2-10-9(7-8)11(16)13(12(17)15-10)3-5-18-6-4-13/h1-2,7,11,16H,3-6H2,(H,15,17). The van der Waals surface area contributed by atoms with Crippen molar-refractivity contribution in [3.05, 3.63) is 29.6 Å². The van der Waals surface area contributed by atoms with Crippen molar-refractivity contribution >= 4 is 11.6 Å². The first kappa shape index (κ1) is 11.6. The van der Waals surface area contributed by atoms with Crippen LogP contribution in [0.1, 0.15) is 24.5 Å². The van der Waals surface area contributed by atoms with E-state index in [-0.39, 0.29) is 5.91 Å². The van der Waals surface area contributed by atoms with Gasteiger partial charge in [0.15, 0.2) is 0 Å². The maximum Gasteiger partial charge on any atom is 0.233 e. The monoisotopic (exact) mass is 251 g/mol. The lowest BCUT2D eigenvalue weighted by Crippen LogP contribution is -2.48. The number of ether oxygens (including phenoxy) is 1. The van der Waals surface area contributed by atoms with E-state index in [2.05, 4.69) is 5.32 Å². The van der Waals surface area contributed by atoms with E-state index in [1.54, 1.807) is 0 Å². The molecular weight excluding hydrogens is 237 g/mol. The van der Waals surface area contributed by atoms with Crippen LogP contribution in [0.3, 0.4) is 0 Å². The van der Waals surface area contributed by atoms with E-state index in [4.69, 9.17) is 4.74 Å². The summed E-state index contributed by atoms with van der Waals surface area (Å²) >= 11 is 0. The van der Waals surface area contributed by atoms with Crippen molar-refractivity contribution < 1.29 is 19.0 Å². The molecule has 0 saturated carbocycles. The topological polar surface area (TPSA) is 58.6 Å². The minimum Gasteiger partial charge on any atom is -0.387 e. The number of nitrogens with one attached hydrogen (secondary N) is 1. The molecule has 1 atom stereocenters. The molecule has 1 spiro atoms. The number of hydrogen-bond acceptors (Lipinski definition) is 3. The lowest BCUT2D eigenvalue weighted by atomic mass is 9.70. The number of halogens is 1. The molecule has 4 nitrogen and oxygen atoms in total. The summed E-state index contributed by atoms with van der Waals surface area (Å²) in [7, 11) is 0. The molecule has 2 aliphatic rings.